The standard InChI is InChI=1S/C37H23N3/c1-38-27-11-8-10-26(24-27)25-20-22-28(23-21-25)39-33-16-5-4-14-31(33)32-15-9-19-36(37(32)39)40-34-17-6-2-12-29(34)30-13-3-7-18-35(30)40/h2-24H. The van der Waals surface area contributed by atoms with E-state index in [1.807, 2.05) is 18.2 Å². The summed E-state index contributed by atoms with van der Waals surface area (Å²) < 4.78 is 4.80. The molecule has 0 saturated heterocycles. The Morgan fingerprint density at radius 2 is 1.00 bits per heavy atom. The van der Waals surface area contributed by atoms with Gasteiger partial charge in [-0.2, -0.15) is 0 Å². The lowest BCUT2D eigenvalue weighted by atomic mass is 10.0. The van der Waals surface area contributed by atoms with E-state index in [2.05, 4.69) is 135 Å². The molecule has 186 valence electrons. The number of fused-ring (bicyclic) bond motifs is 6. The van der Waals surface area contributed by atoms with Crippen LogP contribution in [-0.4, -0.2) is 9.13 Å². The van der Waals surface area contributed by atoms with Crippen molar-refractivity contribution >= 4 is 49.3 Å². The molecule has 3 nitrogen and oxygen atoms in total. The summed E-state index contributed by atoms with van der Waals surface area (Å²) in [5, 5.41) is 4.96. The molecule has 40 heavy (non-hydrogen) atoms. The number of aromatic nitrogens is 2. The van der Waals surface area contributed by atoms with Gasteiger partial charge in [-0.25, -0.2) is 4.85 Å². The van der Waals surface area contributed by atoms with Crippen LogP contribution in [0.5, 0.6) is 0 Å². The zero-order chi connectivity index (χ0) is 26.6. The first-order valence-corrected chi connectivity index (χ1v) is 13.4. The number of para-hydroxylation sites is 4. The summed E-state index contributed by atoms with van der Waals surface area (Å²) in [4.78, 5) is 3.60. The van der Waals surface area contributed by atoms with Crippen LogP contribution < -0.4 is 0 Å². The van der Waals surface area contributed by atoms with E-state index in [0.29, 0.717) is 5.69 Å². The summed E-state index contributed by atoms with van der Waals surface area (Å²) in [5.41, 5.74) is 9.80. The van der Waals surface area contributed by atoms with Crippen molar-refractivity contribution in [3.8, 4) is 22.5 Å². The first kappa shape index (κ1) is 22.4. The molecule has 6 aromatic carbocycles. The molecule has 0 atom stereocenters. The third-order valence-electron chi connectivity index (χ3n) is 7.93. The maximum atomic E-state index is 7.38. The molecule has 0 radical (unpaired) electrons. The predicted octanol–water partition coefficient (Wildman–Crippen LogP) is 10.1. The van der Waals surface area contributed by atoms with Gasteiger partial charge in [0.1, 0.15) is 0 Å². The van der Waals surface area contributed by atoms with Crippen molar-refractivity contribution in [3.63, 3.8) is 0 Å². The molecule has 0 spiro atoms. The Balaban J connectivity index is 1.43. The van der Waals surface area contributed by atoms with E-state index in [9.17, 15) is 0 Å². The summed E-state index contributed by atoms with van der Waals surface area (Å²) in [6.45, 7) is 7.38. The van der Waals surface area contributed by atoms with Crippen LogP contribution in [-0.2, 0) is 0 Å². The van der Waals surface area contributed by atoms with Gasteiger partial charge in [0.2, 0.25) is 0 Å². The van der Waals surface area contributed by atoms with Crippen molar-refractivity contribution in [2.45, 2.75) is 0 Å². The zero-order valence-corrected chi connectivity index (χ0v) is 21.6. The maximum Gasteiger partial charge on any atom is 0.187 e. The molecule has 0 bridgehead atoms. The fourth-order valence-corrected chi connectivity index (χ4v) is 6.19. The van der Waals surface area contributed by atoms with Crippen LogP contribution in [0.25, 0.3) is 71.0 Å². The highest BCUT2D eigenvalue weighted by Crippen LogP contribution is 2.39. The molecular weight excluding hydrogens is 486 g/mol. The van der Waals surface area contributed by atoms with E-state index in [4.69, 9.17) is 6.57 Å². The quantitative estimate of drug-likeness (QED) is 0.210. The average molecular weight is 510 g/mol. The summed E-state index contributed by atoms with van der Waals surface area (Å²) in [5.74, 6) is 0. The molecule has 0 unspecified atom stereocenters. The van der Waals surface area contributed by atoms with Gasteiger partial charge in [-0.3, -0.25) is 0 Å². The van der Waals surface area contributed by atoms with Crippen molar-refractivity contribution < 1.29 is 0 Å². The van der Waals surface area contributed by atoms with E-state index in [1.165, 1.54) is 43.6 Å². The Hall–Kier alpha value is -5.59. The van der Waals surface area contributed by atoms with Crippen LogP contribution >= 0.6 is 0 Å². The van der Waals surface area contributed by atoms with E-state index < -0.39 is 0 Å². The lowest BCUT2D eigenvalue weighted by molar-refractivity contribution is 1.13. The SMILES string of the molecule is [C-]#[N+]c1cccc(-c2ccc(-n3c4ccccc4c4cccc(-n5c6ccccc6c6ccccc65)c43)cc2)c1. The van der Waals surface area contributed by atoms with Crippen molar-refractivity contribution in [3.05, 3.63) is 151 Å². The zero-order valence-electron chi connectivity index (χ0n) is 21.6. The van der Waals surface area contributed by atoms with E-state index in [1.54, 1.807) is 0 Å². The fraction of sp³-hybridized carbons (Fsp3) is 0. The number of hydrogen-bond acceptors (Lipinski definition) is 0. The van der Waals surface area contributed by atoms with Crippen molar-refractivity contribution in [1.29, 1.82) is 0 Å². The molecule has 2 aromatic heterocycles. The molecule has 0 fully saturated rings. The van der Waals surface area contributed by atoms with Crippen molar-refractivity contribution in [2.75, 3.05) is 0 Å². The van der Waals surface area contributed by atoms with Gasteiger partial charge in [0.15, 0.2) is 5.69 Å². The smallest absolute Gasteiger partial charge is 0.187 e. The molecule has 0 N–H and O–H groups in total. The van der Waals surface area contributed by atoms with Gasteiger partial charge in [0.25, 0.3) is 0 Å². The third-order valence-corrected chi connectivity index (χ3v) is 7.93. The summed E-state index contributed by atoms with van der Waals surface area (Å²) in [7, 11) is 0. The van der Waals surface area contributed by atoms with Crippen LogP contribution in [0.4, 0.5) is 5.69 Å². The van der Waals surface area contributed by atoms with Crippen LogP contribution in [0.3, 0.4) is 0 Å². The summed E-state index contributed by atoms with van der Waals surface area (Å²) >= 11 is 0. The normalized spacial score (nSPS) is 11.5. The van der Waals surface area contributed by atoms with E-state index >= 15 is 0 Å². The van der Waals surface area contributed by atoms with E-state index in [0.717, 1.165) is 22.5 Å². The van der Waals surface area contributed by atoms with Gasteiger partial charge in [-0.1, -0.05) is 97.1 Å². The highest BCUT2D eigenvalue weighted by Gasteiger charge is 2.19. The molecule has 8 rings (SSSR count). The van der Waals surface area contributed by atoms with Gasteiger partial charge in [-0.05, 0) is 53.6 Å². The molecule has 0 aliphatic heterocycles. The lowest BCUT2D eigenvalue weighted by Gasteiger charge is -2.15. The second-order valence-corrected chi connectivity index (χ2v) is 10.1. The largest absolute Gasteiger partial charge is 0.307 e. The van der Waals surface area contributed by atoms with Gasteiger partial charge < -0.3 is 9.13 Å². The van der Waals surface area contributed by atoms with Crippen LogP contribution in [0, 0.1) is 6.57 Å². The minimum Gasteiger partial charge on any atom is -0.307 e. The molecule has 0 amide bonds. The van der Waals surface area contributed by atoms with Crippen molar-refractivity contribution in [2.24, 2.45) is 0 Å². The van der Waals surface area contributed by atoms with Gasteiger partial charge >= 0.3 is 0 Å². The van der Waals surface area contributed by atoms with Crippen LogP contribution in [0.15, 0.2) is 140 Å². The second-order valence-electron chi connectivity index (χ2n) is 10.1. The van der Waals surface area contributed by atoms with E-state index in [-0.39, 0.29) is 0 Å². The van der Waals surface area contributed by atoms with Crippen LogP contribution in [0.1, 0.15) is 0 Å². The minimum atomic E-state index is 0.653. The third kappa shape index (κ3) is 3.24. The molecule has 8 aromatic rings. The number of hydrogen-bond donors (Lipinski definition) is 0. The first-order chi connectivity index (χ1) is 19.8. The summed E-state index contributed by atoms with van der Waals surface area (Å²) in [6, 6.07) is 49.1. The molecule has 0 aliphatic rings. The van der Waals surface area contributed by atoms with Crippen LogP contribution in [0.2, 0.25) is 0 Å². The number of benzene rings is 6. The minimum absolute atomic E-state index is 0.653. The Labute approximate surface area is 231 Å². The van der Waals surface area contributed by atoms with Gasteiger partial charge in [0.05, 0.1) is 34.3 Å². The van der Waals surface area contributed by atoms with Gasteiger partial charge in [-0.15, -0.1) is 0 Å². The molecule has 0 aliphatic carbocycles. The first-order valence-electron chi connectivity index (χ1n) is 13.4. The number of rotatable bonds is 3. The Morgan fingerprint density at radius 1 is 0.450 bits per heavy atom. The molecule has 3 heteroatoms. The Bertz CT molecular complexity index is 2220. The Kier molecular flexibility index (Phi) is 4.89. The Morgan fingerprint density at radius 3 is 1.65 bits per heavy atom. The highest BCUT2D eigenvalue weighted by atomic mass is 15.1. The predicted molar refractivity (Wildman–Crippen MR) is 167 cm³/mol. The van der Waals surface area contributed by atoms with Crippen molar-refractivity contribution in [1.82, 2.24) is 9.13 Å². The highest BCUT2D eigenvalue weighted by molar-refractivity contribution is 6.15. The van der Waals surface area contributed by atoms with Gasteiger partial charge in [0, 0.05) is 27.2 Å². The maximum absolute atomic E-state index is 7.38. The molecule has 2 heterocycles. The number of nitrogens with zero attached hydrogens (tertiary/aromatic N) is 3. The fourth-order valence-electron chi connectivity index (χ4n) is 6.19. The average Bonchev–Trinajstić information content (AvgIpc) is 3.54. The molecule has 0 saturated carbocycles. The lowest BCUT2D eigenvalue weighted by Crippen LogP contribution is -2.00. The monoisotopic (exact) mass is 509 g/mol. The summed E-state index contributed by atoms with van der Waals surface area (Å²) in [6.07, 6.45) is 0. The second kappa shape index (κ2) is 8.73. The molecular formula is C37H23N3. The topological polar surface area (TPSA) is 14.2 Å².